The predicted octanol–water partition coefficient (Wildman–Crippen LogP) is 4.09. The molecule has 0 aliphatic rings. The van der Waals surface area contributed by atoms with Gasteiger partial charge in [0.1, 0.15) is 24.0 Å². The van der Waals surface area contributed by atoms with E-state index in [4.69, 9.17) is 22.1 Å². The fraction of sp³-hybridized carbons (Fsp3) is 0.250. The third kappa shape index (κ3) is 4.16. The Labute approximate surface area is 127 Å². The van der Waals surface area contributed by atoms with E-state index in [1.807, 2.05) is 6.92 Å². The minimum Gasteiger partial charge on any atom is -0.489 e. The maximum Gasteiger partial charge on any atom is 0.142 e. The van der Waals surface area contributed by atoms with Crippen molar-refractivity contribution in [2.45, 2.75) is 26.0 Å². The van der Waals surface area contributed by atoms with Gasteiger partial charge in [-0.15, -0.1) is 0 Å². The van der Waals surface area contributed by atoms with Crippen LogP contribution in [0.2, 0.25) is 5.02 Å². The second kappa shape index (κ2) is 6.87. The van der Waals surface area contributed by atoms with Crippen molar-refractivity contribution in [3.8, 4) is 5.75 Å². The summed E-state index contributed by atoms with van der Waals surface area (Å²) in [5.74, 6) is -0.316. The van der Waals surface area contributed by atoms with E-state index in [-0.39, 0.29) is 23.5 Å². The molecule has 0 amide bonds. The van der Waals surface area contributed by atoms with E-state index in [2.05, 4.69) is 0 Å². The third-order valence-corrected chi connectivity index (χ3v) is 3.40. The van der Waals surface area contributed by atoms with Crippen LogP contribution in [0.5, 0.6) is 5.75 Å². The zero-order chi connectivity index (χ0) is 15.4. The Balaban J connectivity index is 2.18. The molecule has 0 aliphatic heterocycles. The highest BCUT2D eigenvalue weighted by atomic mass is 35.5. The Hall–Kier alpha value is -1.65. The van der Waals surface area contributed by atoms with E-state index >= 15 is 0 Å². The first-order valence-electron chi connectivity index (χ1n) is 6.57. The lowest BCUT2D eigenvalue weighted by atomic mass is 10.1. The minimum atomic E-state index is -0.493. The van der Waals surface area contributed by atoms with Gasteiger partial charge in [0.25, 0.3) is 0 Å². The van der Waals surface area contributed by atoms with Crippen LogP contribution in [0.3, 0.4) is 0 Å². The van der Waals surface area contributed by atoms with Crippen LogP contribution in [0, 0.1) is 11.6 Å². The Morgan fingerprint density at radius 1 is 1.19 bits per heavy atom. The van der Waals surface area contributed by atoms with E-state index in [1.54, 1.807) is 18.2 Å². The van der Waals surface area contributed by atoms with Crippen molar-refractivity contribution in [2.24, 2.45) is 5.73 Å². The van der Waals surface area contributed by atoms with Crippen LogP contribution in [-0.4, -0.2) is 6.04 Å². The Morgan fingerprint density at radius 3 is 2.67 bits per heavy atom. The van der Waals surface area contributed by atoms with Gasteiger partial charge in [0, 0.05) is 11.6 Å². The molecule has 0 saturated heterocycles. The summed E-state index contributed by atoms with van der Waals surface area (Å²) in [4.78, 5) is 0. The standard InChI is InChI=1S/C16H16ClF2NO/c1-10(20)7-12-8-13(18)5-6-15(12)21-9-11-3-2-4-14(19)16(11)17/h2-6,8,10H,7,9,20H2,1H3. The Kier molecular flexibility index (Phi) is 5.15. The Morgan fingerprint density at radius 2 is 1.95 bits per heavy atom. The summed E-state index contributed by atoms with van der Waals surface area (Å²) in [7, 11) is 0. The molecule has 2 rings (SSSR count). The van der Waals surface area contributed by atoms with Crippen molar-refractivity contribution in [1.82, 2.24) is 0 Å². The third-order valence-electron chi connectivity index (χ3n) is 2.98. The van der Waals surface area contributed by atoms with E-state index < -0.39 is 5.82 Å². The van der Waals surface area contributed by atoms with Gasteiger partial charge in [-0.05, 0) is 43.2 Å². The zero-order valence-corrected chi connectivity index (χ0v) is 12.3. The SMILES string of the molecule is CC(N)Cc1cc(F)ccc1OCc1cccc(F)c1Cl. The lowest BCUT2D eigenvalue weighted by Gasteiger charge is -2.14. The fourth-order valence-corrected chi connectivity index (χ4v) is 2.19. The first-order chi connectivity index (χ1) is 9.97. The highest BCUT2D eigenvalue weighted by Gasteiger charge is 2.10. The zero-order valence-electron chi connectivity index (χ0n) is 11.6. The molecule has 2 aromatic rings. The first-order valence-corrected chi connectivity index (χ1v) is 6.95. The summed E-state index contributed by atoms with van der Waals surface area (Å²) in [5, 5.41) is 0.0355. The van der Waals surface area contributed by atoms with Crippen LogP contribution in [0.1, 0.15) is 18.1 Å². The molecule has 5 heteroatoms. The molecule has 2 aromatic carbocycles. The molecule has 0 radical (unpaired) electrons. The maximum absolute atomic E-state index is 13.4. The van der Waals surface area contributed by atoms with Gasteiger partial charge in [-0.3, -0.25) is 0 Å². The van der Waals surface area contributed by atoms with Crippen LogP contribution in [-0.2, 0) is 13.0 Å². The second-order valence-corrected chi connectivity index (χ2v) is 5.31. The number of ether oxygens (including phenoxy) is 1. The smallest absolute Gasteiger partial charge is 0.142 e. The molecule has 0 heterocycles. The summed E-state index contributed by atoms with van der Waals surface area (Å²) in [6.45, 7) is 1.94. The van der Waals surface area contributed by atoms with Gasteiger partial charge < -0.3 is 10.5 Å². The number of rotatable bonds is 5. The molecule has 0 fully saturated rings. The van der Waals surface area contributed by atoms with Crippen LogP contribution in [0.4, 0.5) is 8.78 Å². The molecule has 0 aromatic heterocycles. The van der Waals surface area contributed by atoms with Gasteiger partial charge in [-0.25, -0.2) is 8.78 Å². The van der Waals surface area contributed by atoms with Crippen molar-refractivity contribution < 1.29 is 13.5 Å². The van der Waals surface area contributed by atoms with E-state index in [0.717, 1.165) is 0 Å². The minimum absolute atomic E-state index is 0.0355. The average Bonchev–Trinajstić information content (AvgIpc) is 2.41. The predicted molar refractivity (Wildman–Crippen MR) is 79.5 cm³/mol. The summed E-state index contributed by atoms with van der Waals surface area (Å²) in [5.41, 5.74) is 6.96. The number of hydrogen-bond acceptors (Lipinski definition) is 2. The van der Waals surface area contributed by atoms with Crippen molar-refractivity contribution in [3.05, 3.63) is 64.2 Å². The largest absolute Gasteiger partial charge is 0.489 e. The molecular formula is C16H16ClF2NO. The van der Waals surface area contributed by atoms with Crippen molar-refractivity contribution in [3.63, 3.8) is 0 Å². The van der Waals surface area contributed by atoms with Crippen molar-refractivity contribution in [1.29, 1.82) is 0 Å². The molecule has 0 spiro atoms. The summed E-state index contributed by atoms with van der Waals surface area (Å²) >= 11 is 5.87. The summed E-state index contributed by atoms with van der Waals surface area (Å²) < 4.78 is 32.3. The van der Waals surface area contributed by atoms with E-state index in [1.165, 1.54) is 18.2 Å². The molecule has 0 aliphatic carbocycles. The number of benzene rings is 2. The molecule has 112 valence electrons. The summed E-state index contributed by atoms with van der Waals surface area (Å²) in [6, 6.07) is 8.66. The van der Waals surface area contributed by atoms with Crippen LogP contribution in [0.15, 0.2) is 36.4 Å². The van der Waals surface area contributed by atoms with Gasteiger partial charge in [0.2, 0.25) is 0 Å². The van der Waals surface area contributed by atoms with Gasteiger partial charge in [-0.1, -0.05) is 23.7 Å². The molecule has 0 bridgehead atoms. The van der Waals surface area contributed by atoms with E-state index in [9.17, 15) is 8.78 Å². The van der Waals surface area contributed by atoms with Crippen LogP contribution < -0.4 is 10.5 Å². The topological polar surface area (TPSA) is 35.2 Å². The molecule has 2 N–H and O–H groups in total. The van der Waals surface area contributed by atoms with Gasteiger partial charge in [0.15, 0.2) is 0 Å². The fourth-order valence-electron chi connectivity index (χ4n) is 2.01. The average molecular weight is 312 g/mol. The van der Waals surface area contributed by atoms with Crippen LogP contribution >= 0.6 is 11.6 Å². The van der Waals surface area contributed by atoms with E-state index in [0.29, 0.717) is 23.3 Å². The number of halogens is 3. The number of nitrogens with two attached hydrogens (primary N) is 1. The van der Waals surface area contributed by atoms with Gasteiger partial charge >= 0.3 is 0 Å². The van der Waals surface area contributed by atoms with Gasteiger partial charge in [0.05, 0.1) is 5.02 Å². The highest BCUT2D eigenvalue weighted by molar-refractivity contribution is 6.31. The molecule has 2 nitrogen and oxygen atoms in total. The Bertz CT molecular complexity index is 632. The molecular weight excluding hydrogens is 296 g/mol. The normalized spacial score (nSPS) is 12.2. The molecule has 1 unspecified atom stereocenters. The first kappa shape index (κ1) is 15.7. The lowest BCUT2D eigenvalue weighted by Crippen LogP contribution is -2.18. The van der Waals surface area contributed by atoms with Gasteiger partial charge in [-0.2, -0.15) is 0 Å². The van der Waals surface area contributed by atoms with Crippen LogP contribution in [0.25, 0.3) is 0 Å². The quantitative estimate of drug-likeness (QED) is 0.902. The van der Waals surface area contributed by atoms with Crippen molar-refractivity contribution >= 4 is 11.6 Å². The second-order valence-electron chi connectivity index (χ2n) is 4.94. The monoisotopic (exact) mass is 311 g/mol. The summed E-state index contributed by atoms with van der Waals surface area (Å²) in [6.07, 6.45) is 0.490. The van der Waals surface area contributed by atoms with Crippen molar-refractivity contribution in [2.75, 3.05) is 0 Å². The highest BCUT2D eigenvalue weighted by Crippen LogP contribution is 2.25. The molecule has 21 heavy (non-hydrogen) atoms. The molecule has 1 atom stereocenters. The maximum atomic E-state index is 13.4. The number of hydrogen-bond donors (Lipinski definition) is 1. The lowest BCUT2D eigenvalue weighted by molar-refractivity contribution is 0.301. The molecule has 0 saturated carbocycles.